The molecule has 0 fully saturated rings. The van der Waals surface area contributed by atoms with E-state index >= 15 is 0 Å². The highest BCUT2D eigenvalue weighted by molar-refractivity contribution is 5.49. The Labute approximate surface area is 137 Å². The Hall–Kier alpha value is -2.58. The number of hydrogen-bond donors (Lipinski definition) is 1. The maximum atomic E-state index is 11.0. The van der Waals surface area contributed by atoms with Crippen LogP contribution in [0.5, 0.6) is 0 Å². The summed E-state index contributed by atoms with van der Waals surface area (Å²) in [7, 11) is 2.03. The van der Waals surface area contributed by atoms with E-state index in [1.54, 1.807) is 0 Å². The van der Waals surface area contributed by atoms with Crippen molar-refractivity contribution in [3.63, 3.8) is 0 Å². The first-order valence-electron chi connectivity index (χ1n) is 7.83. The normalized spacial score (nSPS) is 13.3. The lowest BCUT2D eigenvalue weighted by Crippen LogP contribution is -2.29. The van der Waals surface area contributed by atoms with Crippen LogP contribution in [-0.2, 0) is 0 Å². The first-order chi connectivity index (χ1) is 11.3. The molecule has 23 heavy (non-hydrogen) atoms. The van der Waals surface area contributed by atoms with Crippen molar-refractivity contribution in [2.45, 2.75) is 12.1 Å². The van der Waals surface area contributed by atoms with Crippen LogP contribution >= 0.6 is 0 Å². The van der Waals surface area contributed by atoms with Gasteiger partial charge < -0.3 is 10.0 Å². The van der Waals surface area contributed by atoms with Gasteiger partial charge in [-0.15, -0.1) is 0 Å². The zero-order valence-corrected chi connectivity index (χ0v) is 13.2. The van der Waals surface area contributed by atoms with Gasteiger partial charge in [0.05, 0.1) is 6.04 Å². The molecule has 0 radical (unpaired) electrons. The van der Waals surface area contributed by atoms with Gasteiger partial charge in [0.2, 0.25) is 0 Å². The highest BCUT2D eigenvalue weighted by atomic mass is 16.3. The smallest absolute Gasteiger partial charge is 0.103 e. The number of aliphatic hydroxyl groups is 1. The van der Waals surface area contributed by atoms with E-state index < -0.39 is 6.10 Å². The molecule has 0 aliphatic rings. The van der Waals surface area contributed by atoms with Crippen molar-refractivity contribution >= 4 is 5.69 Å². The third kappa shape index (κ3) is 3.43. The monoisotopic (exact) mass is 303 g/mol. The van der Waals surface area contributed by atoms with Crippen LogP contribution < -0.4 is 4.90 Å². The summed E-state index contributed by atoms with van der Waals surface area (Å²) in [4.78, 5) is 2.13. The Morgan fingerprint density at radius 1 is 0.652 bits per heavy atom. The van der Waals surface area contributed by atoms with E-state index in [0.29, 0.717) is 0 Å². The lowest BCUT2D eigenvalue weighted by molar-refractivity contribution is 0.144. The number of anilines is 1. The molecule has 116 valence electrons. The largest absolute Gasteiger partial charge is 0.386 e. The predicted molar refractivity (Wildman–Crippen MR) is 95.4 cm³/mol. The molecule has 2 nitrogen and oxygen atoms in total. The number of nitrogens with zero attached hydrogens (tertiary/aromatic N) is 1. The standard InChI is InChI=1S/C21H21NO/c1-22(19-15-9-4-10-16-19)20(17-11-5-2-6-12-17)21(23)18-13-7-3-8-14-18/h2-16,20-21,23H,1H3/t20-,21+/m0/s1. The van der Waals surface area contributed by atoms with Gasteiger partial charge >= 0.3 is 0 Å². The summed E-state index contributed by atoms with van der Waals surface area (Å²) in [5.41, 5.74) is 3.09. The molecule has 0 bridgehead atoms. The van der Waals surface area contributed by atoms with Gasteiger partial charge in [-0.1, -0.05) is 78.9 Å². The number of para-hydroxylation sites is 1. The van der Waals surface area contributed by atoms with Crippen molar-refractivity contribution in [2.24, 2.45) is 0 Å². The van der Waals surface area contributed by atoms with Gasteiger partial charge in [-0.25, -0.2) is 0 Å². The van der Waals surface area contributed by atoms with E-state index in [0.717, 1.165) is 16.8 Å². The molecule has 0 saturated heterocycles. The quantitative estimate of drug-likeness (QED) is 0.744. The summed E-state index contributed by atoms with van der Waals surface area (Å²) >= 11 is 0. The van der Waals surface area contributed by atoms with Crippen LogP contribution in [0.25, 0.3) is 0 Å². The van der Waals surface area contributed by atoms with Gasteiger partial charge in [0.25, 0.3) is 0 Å². The molecule has 0 unspecified atom stereocenters. The molecule has 2 heteroatoms. The van der Waals surface area contributed by atoms with E-state index in [-0.39, 0.29) is 6.04 Å². The number of benzene rings is 3. The lowest BCUT2D eigenvalue weighted by Gasteiger charge is -2.34. The highest BCUT2D eigenvalue weighted by Gasteiger charge is 2.26. The second kappa shape index (κ2) is 7.12. The number of aliphatic hydroxyl groups excluding tert-OH is 1. The van der Waals surface area contributed by atoms with Crippen molar-refractivity contribution in [3.05, 3.63) is 102 Å². The summed E-state index contributed by atoms with van der Waals surface area (Å²) in [6, 6.07) is 30.0. The maximum Gasteiger partial charge on any atom is 0.103 e. The van der Waals surface area contributed by atoms with Crippen LogP contribution in [0.4, 0.5) is 5.69 Å². The Morgan fingerprint density at radius 2 is 1.09 bits per heavy atom. The molecule has 0 aromatic heterocycles. The van der Waals surface area contributed by atoms with Crippen LogP contribution in [0, 0.1) is 0 Å². The van der Waals surface area contributed by atoms with Crippen LogP contribution in [0.15, 0.2) is 91.0 Å². The molecule has 0 aliphatic carbocycles. The van der Waals surface area contributed by atoms with E-state index in [2.05, 4.69) is 29.2 Å². The molecule has 1 N–H and O–H groups in total. The zero-order valence-electron chi connectivity index (χ0n) is 13.2. The summed E-state index contributed by atoms with van der Waals surface area (Å²) in [6.07, 6.45) is -0.608. The van der Waals surface area contributed by atoms with Gasteiger partial charge in [-0.3, -0.25) is 0 Å². The van der Waals surface area contributed by atoms with Crippen LogP contribution in [-0.4, -0.2) is 12.2 Å². The lowest BCUT2D eigenvalue weighted by atomic mass is 9.94. The van der Waals surface area contributed by atoms with Gasteiger partial charge in [0, 0.05) is 12.7 Å². The average Bonchev–Trinajstić information content (AvgIpc) is 2.64. The Balaban J connectivity index is 2.01. The van der Waals surface area contributed by atoms with Crippen molar-refractivity contribution in [2.75, 3.05) is 11.9 Å². The summed E-state index contributed by atoms with van der Waals surface area (Å²) in [6.45, 7) is 0. The van der Waals surface area contributed by atoms with E-state index in [1.807, 2.05) is 73.8 Å². The van der Waals surface area contributed by atoms with E-state index in [1.165, 1.54) is 0 Å². The fraction of sp³-hybridized carbons (Fsp3) is 0.143. The Morgan fingerprint density at radius 3 is 1.61 bits per heavy atom. The first kappa shape index (κ1) is 15.3. The van der Waals surface area contributed by atoms with Crippen molar-refractivity contribution < 1.29 is 5.11 Å². The van der Waals surface area contributed by atoms with Crippen molar-refractivity contribution in [1.29, 1.82) is 0 Å². The third-order valence-electron chi connectivity index (χ3n) is 4.16. The minimum Gasteiger partial charge on any atom is -0.386 e. The predicted octanol–water partition coefficient (Wildman–Crippen LogP) is 4.60. The average molecular weight is 303 g/mol. The summed E-state index contributed by atoms with van der Waals surface area (Å²) in [5.74, 6) is 0. The molecular formula is C21H21NO. The Bertz CT molecular complexity index is 667. The fourth-order valence-electron chi connectivity index (χ4n) is 2.92. The van der Waals surface area contributed by atoms with Crippen LogP contribution in [0.3, 0.4) is 0 Å². The number of hydrogen-bond acceptors (Lipinski definition) is 2. The molecule has 0 heterocycles. The molecule has 3 aromatic rings. The van der Waals surface area contributed by atoms with Crippen molar-refractivity contribution in [3.8, 4) is 0 Å². The van der Waals surface area contributed by atoms with Crippen molar-refractivity contribution in [1.82, 2.24) is 0 Å². The topological polar surface area (TPSA) is 23.5 Å². The first-order valence-corrected chi connectivity index (χ1v) is 7.83. The van der Waals surface area contributed by atoms with E-state index in [4.69, 9.17) is 0 Å². The van der Waals surface area contributed by atoms with Gasteiger partial charge in [0.1, 0.15) is 6.10 Å². The Kier molecular flexibility index (Phi) is 4.74. The molecule has 0 spiro atoms. The summed E-state index contributed by atoms with van der Waals surface area (Å²) < 4.78 is 0. The number of rotatable bonds is 5. The van der Waals surface area contributed by atoms with Gasteiger partial charge in [0.15, 0.2) is 0 Å². The molecule has 0 aliphatic heterocycles. The number of likely N-dealkylation sites (N-methyl/N-ethyl adjacent to an activating group) is 1. The second-order valence-corrected chi connectivity index (χ2v) is 5.66. The molecule has 2 atom stereocenters. The SMILES string of the molecule is CN(c1ccccc1)[C@@H](c1ccccc1)[C@H](O)c1ccccc1. The van der Waals surface area contributed by atoms with E-state index in [9.17, 15) is 5.11 Å². The second-order valence-electron chi connectivity index (χ2n) is 5.66. The summed E-state index contributed by atoms with van der Waals surface area (Å²) in [5, 5.41) is 11.0. The molecule has 0 amide bonds. The van der Waals surface area contributed by atoms with Crippen LogP contribution in [0.2, 0.25) is 0 Å². The molecule has 3 rings (SSSR count). The molecule has 3 aromatic carbocycles. The maximum absolute atomic E-state index is 11.0. The van der Waals surface area contributed by atoms with Gasteiger partial charge in [-0.05, 0) is 23.3 Å². The molecular weight excluding hydrogens is 282 g/mol. The fourth-order valence-corrected chi connectivity index (χ4v) is 2.92. The minimum atomic E-state index is -0.608. The van der Waals surface area contributed by atoms with Gasteiger partial charge in [-0.2, -0.15) is 0 Å². The van der Waals surface area contributed by atoms with Crippen LogP contribution in [0.1, 0.15) is 23.3 Å². The molecule has 0 saturated carbocycles. The highest BCUT2D eigenvalue weighted by Crippen LogP contribution is 2.35. The minimum absolute atomic E-state index is 0.152. The zero-order chi connectivity index (χ0) is 16.1. The third-order valence-corrected chi connectivity index (χ3v) is 4.16.